The molecule has 0 spiro atoms. The second kappa shape index (κ2) is 15.1. The molecule has 0 radical (unpaired) electrons. The average Bonchev–Trinajstić information content (AvgIpc) is 3.27. The maximum absolute atomic E-state index is 11.1. The van der Waals surface area contributed by atoms with Crippen LogP contribution in [0.1, 0.15) is 113 Å². The van der Waals surface area contributed by atoms with Crippen LogP contribution in [-0.2, 0) is 0 Å². The number of ether oxygens (including phenoxy) is 1. The monoisotopic (exact) mass is 417 g/mol. The molecule has 2 rings (SSSR count). The zero-order valence-corrected chi connectivity index (χ0v) is 19.1. The number of rotatable bonds is 17. The summed E-state index contributed by atoms with van der Waals surface area (Å²) in [6.07, 6.45) is 22.5. The molecule has 2 N–H and O–H groups in total. The summed E-state index contributed by atoms with van der Waals surface area (Å²) in [6, 6.07) is 5.16. The molecule has 0 saturated heterocycles. The molecule has 1 aliphatic rings. The molecule has 0 unspecified atom stereocenters. The maximum Gasteiger partial charge on any atom is 0.339 e. The van der Waals surface area contributed by atoms with Crippen molar-refractivity contribution in [2.24, 2.45) is 5.92 Å². The van der Waals surface area contributed by atoms with Gasteiger partial charge in [0, 0.05) is 18.3 Å². The van der Waals surface area contributed by atoms with Crippen LogP contribution >= 0.6 is 0 Å². The molecule has 1 aromatic carbocycles. The molecule has 0 atom stereocenters. The summed E-state index contributed by atoms with van der Waals surface area (Å²) in [5.41, 5.74) is 1.12. The van der Waals surface area contributed by atoms with Gasteiger partial charge in [-0.15, -0.1) is 0 Å². The predicted molar refractivity (Wildman–Crippen MR) is 126 cm³/mol. The third-order valence-corrected chi connectivity index (χ3v) is 6.52. The van der Waals surface area contributed by atoms with Crippen molar-refractivity contribution in [3.63, 3.8) is 0 Å². The number of nitrogens with one attached hydrogen (secondary N) is 1. The van der Waals surface area contributed by atoms with Crippen molar-refractivity contribution in [3.05, 3.63) is 23.8 Å². The third-order valence-electron chi connectivity index (χ3n) is 6.52. The fourth-order valence-electron chi connectivity index (χ4n) is 4.66. The zero-order chi connectivity index (χ0) is 21.4. The smallest absolute Gasteiger partial charge is 0.339 e. The van der Waals surface area contributed by atoms with Crippen molar-refractivity contribution < 1.29 is 14.6 Å². The highest BCUT2D eigenvalue weighted by Crippen LogP contribution is 2.29. The highest BCUT2D eigenvalue weighted by molar-refractivity contribution is 5.91. The summed E-state index contributed by atoms with van der Waals surface area (Å²) in [5.74, 6) is 0.513. The lowest BCUT2D eigenvalue weighted by Crippen LogP contribution is -2.04. The van der Waals surface area contributed by atoms with E-state index in [2.05, 4.69) is 5.32 Å². The van der Waals surface area contributed by atoms with Gasteiger partial charge in [-0.05, 0) is 24.5 Å². The van der Waals surface area contributed by atoms with Crippen LogP contribution in [0.2, 0.25) is 0 Å². The SMILES string of the molecule is COc1cc(NCCCCCCCCCCCCCC2CCCC2)ccc1C(=O)O. The van der Waals surface area contributed by atoms with E-state index >= 15 is 0 Å². The Bertz CT molecular complexity index is 596. The third kappa shape index (κ3) is 9.86. The van der Waals surface area contributed by atoms with E-state index in [4.69, 9.17) is 9.84 Å². The molecular formula is C26H43NO3. The molecule has 1 fully saturated rings. The van der Waals surface area contributed by atoms with E-state index in [-0.39, 0.29) is 5.56 Å². The number of hydrogen-bond acceptors (Lipinski definition) is 3. The number of anilines is 1. The van der Waals surface area contributed by atoms with Gasteiger partial charge in [-0.2, -0.15) is 0 Å². The first kappa shape index (κ1) is 24.6. The van der Waals surface area contributed by atoms with Gasteiger partial charge < -0.3 is 15.2 Å². The van der Waals surface area contributed by atoms with E-state index in [0.717, 1.165) is 24.6 Å². The van der Waals surface area contributed by atoms with Crippen molar-refractivity contribution in [3.8, 4) is 5.75 Å². The Morgan fingerprint density at radius 2 is 1.50 bits per heavy atom. The number of aromatic carboxylic acids is 1. The largest absolute Gasteiger partial charge is 0.496 e. The minimum atomic E-state index is -0.960. The van der Waals surface area contributed by atoms with Gasteiger partial charge in [0.15, 0.2) is 0 Å². The van der Waals surface area contributed by atoms with Gasteiger partial charge in [0.25, 0.3) is 0 Å². The molecule has 0 amide bonds. The summed E-state index contributed by atoms with van der Waals surface area (Å²) in [7, 11) is 1.50. The normalized spacial score (nSPS) is 14.2. The van der Waals surface area contributed by atoms with Crippen molar-refractivity contribution in [2.75, 3.05) is 19.0 Å². The Morgan fingerprint density at radius 1 is 0.933 bits per heavy atom. The van der Waals surface area contributed by atoms with E-state index in [0.29, 0.717) is 5.75 Å². The molecule has 170 valence electrons. The summed E-state index contributed by atoms with van der Waals surface area (Å²) < 4.78 is 5.17. The lowest BCUT2D eigenvalue weighted by Gasteiger charge is -2.10. The Labute approximate surface area is 183 Å². The molecule has 1 saturated carbocycles. The Balaban J connectivity index is 1.37. The summed E-state index contributed by atoms with van der Waals surface area (Å²) in [6.45, 7) is 0.913. The van der Waals surface area contributed by atoms with Gasteiger partial charge in [0.1, 0.15) is 11.3 Å². The lowest BCUT2D eigenvalue weighted by atomic mass is 9.99. The van der Waals surface area contributed by atoms with E-state index in [9.17, 15) is 4.79 Å². The van der Waals surface area contributed by atoms with Crippen molar-refractivity contribution in [1.82, 2.24) is 0 Å². The number of benzene rings is 1. The first-order valence-corrected chi connectivity index (χ1v) is 12.4. The summed E-state index contributed by atoms with van der Waals surface area (Å²) >= 11 is 0. The molecule has 1 aliphatic carbocycles. The Morgan fingerprint density at radius 3 is 2.07 bits per heavy atom. The summed E-state index contributed by atoms with van der Waals surface area (Å²) in [4.78, 5) is 11.1. The molecule has 30 heavy (non-hydrogen) atoms. The van der Waals surface area contributed by atoms with Crippen molar-refractivity contribution in [2.45, 2.75) is 103 Å². The topological polar surface area (TPSA) is 58.6 Å². The van der Waals surface area contributed by atoms with Crippen LogP contribution < -0.4 is 10.1 Å². The van der Waals surface area contributed by atoms with Crippen LogP contribution in [0, 0.1) is 5.92 Å². The van der Waals surface area contributed by atoms with E-state index in [1.807, 2.05) is 0 Å². The van der Waals surface area contributed by atoms with Crippen LogP contribution in [0.15, 0.2) is 18.2 Å². The highest BCUT2D eigenvalue weighted by Gasteiger charge is 2.13. The predicted octanol–water partition coefficient (Wildman–Crippen LogP) is 7.68. The molecule has 1 aromatic rings. The van der Waals surface area contributed by atoms with Crippen LogP contribution in [-0.4, -0.2) is 24.7 Å². The Hall–Kier alpha value is -1.71. The van der Waals surface area contributed by atoms with Gasteiger partial charge in [-0.1, -0.05) is 96.3 Å². The van der Waals surface area contributed by atoms with Crippen molar-refractivity contribution in [1.29, 1.82) is 0 Å². The molecule has 0 bridgehead atoms. The number of carboxylic acid groups (broad SMARTS) is 1. The minimum absolute atomic E-state index is 0.201. The van der Waals surface area contributed by atoms with E-state index in [1.54, 1.807) is 18.2 Å². The molecular weight excluding hydrogens is 374 g/mol. The van der Waals surface area contributed by atoms with Gasteiger partial charge in [-0.3, -0.25) is 0 Å². The van der Waals surface area contributed by atoms with Crippen LogP contribution in [0.5, 0.6) is 5.75 Å². The first-order valence-electron chi connectivity index (χ1n) is 12.4. The number of methoxy groups -OCH3 is 1. The minimum Gasteiger partial charge on any atom is -0.496 e. The fourth-order valence-corrected chi connectivity index (χ4v) is 4.66. The van der Waals surface area contributed by atoms with Crippen LogP contribution in [0.25, 0.3) is 0 Å². The maximum atomic E-state index is 11.1. The second-order valence-electron chi connectivity index (χ2n) is 8.98. The Kier molecular flexibility index (Phi) is 12.4. The molecule has 4 nitrogen and oxygen atoms in total. The standard InChI is InChI=1S/C26H43NO3/c1-30-25-21-23(18-19-24(25)26(28)29)27-20-14-10-8-6-4-2-3-5-7-9-11-15-22-16-12-13-17-22/h18-19,21-22,27H,2-17,20H2,1H3,(H,28,29). The zero-order valence-electron chi connectivity index (χ0n) is 19.1. The fraction of sp³-hybridized carbons (Fsp3) is 0.731. The number of hydrogen-bond donors (Lipinski definition) is 2. The van der Waals surface area contributed by atoms with Crippen LogP contribution in [0.3, 0.4) is 0 Å². The quantitative estimate of drug-likeness (QED) is 0.255. The van der Waals surface area contributed by atoms with E-state index < -0.39 is 5.97 Å². The molecule has 0 aromatic heterocycles. The first-order chi connectivity index (χ1) is 14.7. The van der Waals surface area contributed by atoms with E-state index in [1.165, 1.54) is 103 Å². The summed E-state index contributed by atoms with van der Waals surface area (Å²) in [5, 5.41) is 12.5. The van der Waals surface area contributed by atoms with Crippen LogP contribution in [0.4, 0.5) is 5.69 Å². The van der Waals surface area contributed by atoms with Gasteiger partial charge in [-0.25, -0.2) is 4.79 Å². The molecule has 0 heterocycles. The highest BCUT2D eigenvalue weighted by atomic mass is 16.5. The molecule has 4 heteroatoms. The number of carbonyl (C=O) groups is 1. The number of carboxylic acids is 1. The van der Waals surface area contributed by atoms with Gasteiger partial charge in [0.2, 0.25) is 0 Å². The van der Waals surface area contributed by atoms with Gasteiger partial charge >= 0.3 is 5.97 Å². The average molecular weight is 418 g/mol. The van der Waals surface area contributed by atoms with Crippen molar-refractivity contribution >= 4 is 11.7 Å². The molecule has 0 aliphatic heterocycles. The second-order valence-corrected chi connectivity index (χ2v) is 8.98. The lowest BCUT2D eigenvalue weighted by molar-refractivity contribution is 0.0693. The van der Waals surface area contributed by atoms with Gasteiger partial charge in [0.05, 0.1) is 7.11 Å². The number of unbranched alkanes of at least 4 members (excludes halogenated alkanes) is 10.